The standard InChI is InChI=1S/C14H10N2O.C2H6/c17-12-6-4-9-8(12)3-5-10-13(9)14-11(16-10)2-1-7-15-14;1-2/h1-3,5,7,16H,4,6H2;1-2H3. The van der Waals surface area contributed by atoms with Crippen molar-refractivity contribution in [1.29, 1.82) is 0 Å². The van der Waals surface area contributed by atoms with Crippen LogP contribution in [-0.4, -0.2) is 15.8 Å². The molecule has 0 amide bonds. The molecule has 0 aliphatic heterocycles. The molecule has 2 heterocycles. The number of carbonyl (C=O) groups excluding carboxylic acids is 1. The van der Waals surface area contributed by atoms with E-state index < -0.39 is 0 Å². The molecule has 0 atom stereocenters. The highest BCUT2D eigenvalue weighted by Gasteiger charge is 2.23. The second kappa shape index (κ2) is 4.50. The van der Waals surface area contributed by atoms with E-state index in [4.69, 9.17) is 0 Å². The first kappa shape index (κ1) is 11.9. The number of Topliss-reactive ketones (excluding diaryl/α,β-unsaturated/α-hetero) is 1. The predicted octanol–water partition coefficient (Wildman–Crippen LogP) is 3.87. The zero-order valence-corrected chi connectivity index (χ0v) is 11.2. The van der Waals surface area contributed by atoms with Crippen LogP contribution in [0.5, 0.6) is 0 Å². The maximum absolute atomic E-state index is 11.7. The molecular formula is C16H16N2O. The zero-order chi connectivity index (χ0) is 13.4. The average Bonchev–Trinajstić information content (AvgIpc) is 3.01. The van der Waals surface area contributed by atoms with Crippen molar-refractivity contribution in [3.05, 3.63) is 41.6 Å². The van der Waals surface area contributed by atoms with Gasteiger partial charge in [-0.3, -0.25) is 9.78 Å². The number of hydrogen-bond acceptors (Lipinski definition) is 2. The van der Waals surface area contributed by atoms with Gasteiger partial charge in [0.1, 0.15) is 0 Å². The van der Waals surface area contributed by atoms with Gasteiger partial charge >= 0.3 is 0 Å². The lowest BCUT2D eigenvalue weighted by molar-refractivity contribution is 0.0994. The number of pyridine rings is 1. The molecule has 3 aromatic rings. The Labute approximate surface area is 111 Å². The average molecular weight is 252 g/mol. The first-order valence-electron chi connectivity index (χ1n) is 6.76. The summed E-state index contributed by atoms with van der Waals surface area (Å²) in [7, 11) is 0. The highest BCUT2D eigenvalue weighted by Crippen LogP contribution is 2.33. The minimum Gasteiger partial charge on any atom is -0.353 e. The molecule has 0 unspecified atom stereocenters. The second-order valence-corrected chi connectivity index (χ2v) is 4.46. The molecule has 0 saturated heterocycles. The number of aromatic amines is 1. The molecular weight excluding hydrogens is 236 g/mol. The Hall–Kier alpha value is -2.16. The van der Waals surface area contributed by atoms with Gasteiger partial charge in [0.25, 0.3) is 0 Å². The van der Waals surface area contributed by atoms with Crippen LogP contribution in [0.15, 0.2) is 30.5 Å². The number of ketones is 1. The SMILES string of the molecule is CC.O=C1CCc2c1ccc1[nH]c3cccnc3c21. The monoisotopic (exact) mass is 252 g/mol. The summed E-state index contributed by atoms with van der Waals surface area (Å²) in [6, 6.07) is 7.86. The Morgan fingerprint density at radius 2 is 1.95 bits per heavy atom. The van der Waals surface area contributed by atoms with E-state index in [1.54, 1.807) is 6.20 Å². The zero-order valence-electron chi connectivity index (χ0n) is 11.2. The topological polar surface area (TPSA) is 45.8 Å². The maximum Gasteiger partial charge on any atom is 0.163 e. The van der Waals surface area contributed by atoms with E-state index in [-0.39, 0.29) is 5.78 Å². The molecule has 1 aliphatic rings. The highest BCUT2D eigenvalue weighted by atomic mass is 16.1. The molecule has 0 fully saturated rings. The Morgan fingerprint density at radius 1 is 1.11 bits per heavy atom. The van der Waals surface area contributed by atoms with Crippen molar-refractivity contribution in [2.45, 2.75) is 26.7 Å². The lowest BCUT2D eigenvalue weighted by Gasteiger charge is -1.99. The first-order valence-corrected chi connectivity index (χ1v) is 6.76. The molecule has 96 valence electrons. The molecule has 0 radical (unpaired) electrons. The van der Waals surface area contributed by atoms with E-state index >= 15 is 0 Å². The Bertz CT molecular complexity index is 771. The molecule has 1 aliphatic carbocycles. The van der Waals surface area contributed by atoms with Crippen LogP contribution in [0.1, 0.15) is 36.2 Å². The molecule has 0 spiro atoms. The predicted molar refractivity (Wildman–Crippen MR) is 77.6 cm³/mol. The van der Waals surface area contributed by atoms with E-state index in [9.17, 15) is 4.79 Å². The van der Waals surface area contributed by atoms with Gasteiger partial charge in [0.05, 0.1) is 11.0 Å². The highest BCUT2D eigenvalue weighted by molar-refractivity contribution is 6.13. The van der Waals surface area contributed by atoms with Gasteiger partial charge in [0, 0.05) is 29.1 Å². The van der Waals surface area contributed by atoms with Crippen LogP contribution < -0.4 is 0 Å². The quantitative estimate of drug-likeness (QED) is 0.660. The summed E-state index contributed by atoms with van der Waals surface area (Å²) in [5, 5.41) is 1.13. The summed E-state index contributed by atoms with van der Waals surface area (Å²) in [6.45, 7) is 4.00. The number of nitrogens with zero attached hydrogens (tertiary/aromatic N) is 1. The Morgan fingerprint density at radius 3 is 2.79 bits per heavy atom. The van der Waals surface area contributed by atoms with Crippen LogP contribution in [0.2, 0.25) is 0 Å². The van der Waals surface area contributed by atoms with Crippen molar-refractivity contribution in [3.63, 3.8) is 0 Å². The molecule has 0 saturated carbocycles. The lowest BCUT2D eigenvalue weighted by atomic mass is 10.0. The minimum absolute atomic E-state index is 0.257. The van der Waals surface area contributed by atoms with Crippen molar-refractivity contribution in [3.8, 4) is 0 Å². The Balaban J connectivity index is 0.000000528. The fourth-order valence-corrected chi connectivity index (χ4v) is 2.77. The molecule has 2 aromatic heterocycles. The third kappa shape index (κ3) is 1.65. The summed E-state index contributed by atoms with van der Waals surface area (Å²) < 4.78 is 0. The number of H-pyrrole nitrogens is 1. The number of benzene rings is 1. The number of nitrogens with one attached hydrogen (secondary N) is 1. The number of fused-ring (bicyclic) bond motifs is 5. The summed E-state index contributed by atoms with van der Waals surface area (Å²) in [6.07, 6.45) is 3.27. The van der Waals surface area contributed by atoms with Gasteiger partial charge in [0.15, 0.2) is 5.78 Å². The third-order valence-electron chi connectivity index (χ3n) is 3.53. The van der Waals surface area contributed by atoms with Gasteiger partial charge < -0.3 is 4.98 Å². The van der Waals surface area contributed by atoms with Crippen LogP contribution in [0.4, 0.5) is 0 Å². The number of aromatic nitrogens is 2. The van der Waals surface area contributed by atoms with Crippen LogP contribution in [0.3, 0.4) is 0 Å². The van der Waals surface area contributed by atoms with Gasteiger partial charge in [0.2, 0.25) is 0 Å². The van der Waals surface area contributed by atoms with Crippen LogP contribution in [0.25, 0.3) is 21.9 Å². The van der Waals surface area contributed by atoms with E-state index in [1.807, 2.05) is 38.1 Å². The van der Waals surface area contributed by atoms with Gasteiger partial charge in [-0.25, -0.2) is 0 Å². The maximum atomic E-state index is 11.7. The molecule has 0 bridgehead atoms. The molecule has 1 N–H and O–H groups in total. The van der Waals surface area contributed by atoms with Crippen LogP contribution >= 0.6 is 0 Å². The van der Waals surface area contributed by atoms with Crippen LogP contribution in [-0.2, 0) is 6.42 Å². The van der Waals surface area contributed by atoms with Crippen molar-refractivity contribution in [2.24, 2.45) is 0 Å². The number of rotatable bonds is 0. The van der Waals surface area contributed by atoms with E-state index in [2.05, 4.69) is 9.97 Å². The van der Waals surface area contributed by atoms with Crippen molar-refractivity contribution in [1.82, 2.24) is 9.97 Å². The van der Waals surface area contributed by atoms with Gasteiger partial charge in [-0.15, -0.1) is 0 Å². The first-order chi connectivity index (χ1) is 9.34. The second-order valence-electron chi connectivity index (χ2n) is 4.46. The van der Waals surface area contributed by atoms with E-state index in [0.717, 1.165) is 39.5 Å². The molecule has 1 aromatic carbocycles. The number of carbonyl (C=O) groups is 1. The fraction of sp³-hybridized carbons (Fsp3) is 0.250. The minimum atomic E-state index is 0.257. The van der Waals surface area contributed by atoms with Crippen molar-refractivity contribution >= 4 is 27.7 Å². The fourth-order valence-electron chi connectivity index (χ4n) is 2.77. The summed E-state index contributed by atoms with van der Waals surface area (Å²) in [5.41, 5.74) is 5.14. The molecule has 4 rings (SSSR count). The normalized spacial score (nSPS) is 13.5. The number of hydrogen-bond donors (Lipinski definition) is 1. The summed E-state index contributed by atoms with van der Waals surface area (Å²) in [4.78, 5) is 19.5. The number of aryl methyl sites for hydroxylation is 1. The third-order valence-corrected chi connectivity index (χ3v) is 3.53. The van der Waals surface area contributed by atoms with E-state index in [1.165, 1.54) is 0 Å². The largest absolute Gasteiger partial charge is 0.353 e. The molecule has 19 heavy (non-hydrogen) atoms. The van der Waals surface area contributed by atoms with Gasteiger partial charge in [-0.05, 0) is 36.2 Å². The summed E-state index contributed by atoms with van der Waals surface area (Å²) >= 11 is 0. The van der Waals surface area contributed by atoms with E-state index in [0.29, 0.717) is 6.42 Å². The van der Waals surface area contributed by atoms with Crippen molar-refractivity contribution < 1.29 is 4.79 Å². The van der Waals surface area contributed by atoms with Crippen LogP contribution in [0, 0.1) is 0 Å². The molecule has 3 nitrogen and oxygen atoms in total. The van der Waals surface area contributed by atoms with Crippen molar-refractivity contribution in [2.75, 3.05) is 0 Å². The van der Waals surface area contributed by atoms with Gasteiger partial charge in [-0.1, -0.05) is 13.8 Å². The van der Waals surface area contributed by atoms with Gasteiger partial charge in [-0.2, -0.15) is 0 Å². The Kier molecular flexibility index (Phi) is 2.82. The summed E-state index contributed by atoms with van der Waals surface area (Å²) in [5.74, 6) is 0.257. The lowest BCUT2D eigenvalue weighted by Crippen LogP contribution is -1.90. The smallest absolute Gasteiger partial charge is 0.163 e. The molecule has 3 heteroatoms.